The maximum Gasteiger partial charge on any atom is 0.244 e. The number of carbonyl (C=O) groups is 2. The first-order valence-electron chi connectivity index (χ1n) is 13.5. The van der Waals surface area contributed by atoms with Crippen molar-refractivity contribution < 1.29 is 27.5 Å². The molecule has 42 heavy (non-hydrogen) atoms. The summed E-state index contributed by atoms with van der Waals surface area (Å²) in [5.41, 5.74) is 1.71. The van der Waals surface area contributed by atoms with Gasteiger partial charge in [0.05, 0.1) is 26.2 Å². The van der Waals surface area contributed by atoms with Crippen LogP contribution in [0.15, 0.2) is 72.8 Å². The summed E-state index contributed by atoms with van der Waals surface area (Å²) in [6, 6.07) is 20.0. The minimum absolute atomic E-state index is 0.0299. The van der Waals surface area contributed by atoms with Gasteiger partial charge in [0, 0.05) is 30.1 Å². The van der Waals surface area contributed by atoms with Crippen molar-refractivity contribution in [2.45, 2.75) is 45.3 Å². The number of hydrogen-bond acceptors (Lipinski definition) is 6. The van der Waals surface area contributed by atoms with E-state index in [9.17, 15) is 18.0 Å². The zero-order chi connectivity index (χ0) is 30.9. The van der Waals surface area contributed by atoms with Crippen molar-refractivity contribution in [2.24, 2.45) is 0 Å². The number of methoxy groups -OCH3 is 2. The molecule has 9 nitrogen and oxygen atoms in total. The average molecular weight is 616 g/mol. The quantitative estimate of drug-likeness (QED) is 0.282. The van der Waals surface area contributed by atoms with E-state index in [1.165, 1.54) is 25.2 Å². The second kappa shape index (κ2) is 14.9. The summed E-state index contributed by atoms with van der Waals surface area (Å²) in [4.78, 5) is 29.4. The first-order valence-corrected chi connectivity index (χ1v) is 15.8. The van der Waals surface area contributed by atoms with Crippen LogP contribution in [0.25, 0.3) is 0 Å². The van der Waals surface area contributed by atoms with Crippen LogP contribution in [0.3, 0.4) is 0 Å². The molecule has 226 valence electrons. The van der Waals surface area contributed by atoms with Crippen LogP contribution in [0.5, 0.6) is 11.5 Å². The number of sulfonamides is 1. The van der Waals surface area contributed by atoms with Crippen LogP contribution in [-0.4, -0.2) is 64.2 Å². The average Bonchev–Trinajstić information content (AvgIpc) is 2.97. The zero-order valence-electron chi connectivity index (χ0n) is 24.5. The smallest absolute Gasteiger partial charge is 0.244 e. The highest BCUT2D eigenvalue weighted by Gasteiger charge is 2.34. The second-order valence-corrected chi connectivity index (χ2v) is 12.3. The number of hydrogen-bond donors (Lipinski definition) is 1. The molecule has 0 aliphatic heterocycles. The van der Waals surface area contributed by atoms with Crippen molar-refractivity contribution in [3.8, 4) is 11.5 Å². The highest BCUT2D eigenvalue weighted by molar-refractivity contribution is 7.92. The van der Waals surface area contributed by atoms with Gasteiger partial charge in [-0.05, 0) is 48.7 Å². The van der Waals surface area contributed by atoms with E-state index in [2.05, 4.69) is 5.32 Å². The fourth-order valence-corrected chi connectivity index (χ4v) is 5.48. The largest absolute Gasteiger partial charge is 0.497 e. The van der Waals surface area contributed by atoms with Gasteiger partial charge < -0.3 is 19.7 Å². The van der Waals surface area contributed by atoms with Crippen LogP contribution in [-0.2, 0) is 32.6 Å². The highest BCUT2D eigenvalue weighted by atomic mass is 35.5. The Morgan fingerprint density at radius 3 is 2.24 bits per heavy atom. The summed E-state index contributed by atoms with van der Waals surface area (Å²) in [5, 5.41) is 3.48. The number of benzene rings is 3. The van der Waals surface area contributed by atoms with E-state index >= 15 is 0 Å². The fraction of sp³-hybridized carbons (Fsp3) is 0.355. The Bertz CT molecular complexity index is 1470. The minimum atomic E-state index is -3.96. The molecular formula is C31H38ClN3O6S. The lowest BCUT2D eigenvalue weighted by atomic mass is 10.0. The second-order valence-electron chi connectivity index (χ2n) is 9.98. The molecule has 0 aliphatic carbocycles. The van der Waals surface area contributed by atoms with Crippen LogP contribution >= 0.6 is 11.6 Å². The molecule has 3 aromatic carbocycles. The summed E-state index contributed by atoms with van der Waals surface area (Å²) in [7, 11) is -1.08. The molecule has 0 radical (unpaired) electrons. The monoisotopic (exact) mass is 615 g/mol. The third-order valence-corrected chi connectivity index (χ3v) is 8.21. The molecule has 0 bridgehead atoms. The maximum atomic E-state index is 14.2. The van der Waals surface area contributed by atoms with Crippen LogP contribution in [0.1, 0.15) is 31.4 Å². The van der Waals surface area contributed by atoms with Gasteiger partial charge in [0.2, 0.25) is 21.8 Å². The molecule has 3 aromatic rings. The lowest BCUT2D eigenvalue weighted by molar-refractivity contribution is -0.140. The Labute approximate surface area is 253 Å². The van der Waals surface area contributed by atoms with Crippen molar-refractivity contribution in [2.75, 3.05) is 31.3 Å². The van der Waals surface area contributed by atoms with Gasteiger partial charge in [0.15, 0.2) is 0 Å². The molecule has 0 heterocycles. The van der Waals surface area contributed by atoms with Gasteiger partial charge in [0.1, 0.15) is 24.1 Å². The van der Waals surface area contributed by atoms with Crippen molar-refractivity contribution in [3.05, 3.63) is 88.9 Å². The van der Waals surface area contributed by atoms with E-state index in [1.807, 2.05) is 44.2 Å². The SMILES string of the molecule is CC[C@@H](C)NC(=O)[C@H](Cc1ccccc1)N(Cc1cccc(Cl)c1)C(=O)CN(c1ccc(OC)cc1OC)S(C)(=O)=O. The van der Waals surface area contributed by atoms with Crippen LogP contribution in [0.2, 0.25) is 5.02 Å². The summed E-state index contributed by atoms with van der Waals surface area (Å²) in [5.74, 6) is -0.234. The number of anilines is 1. The Balaban J connectivity index is 2.10. The summed E-state index contributed by atoms with van der Waals surface area (Å²) in [6.07, 6.45) is 1.94. The first-order chi connectivity index (χ1) is 20.0. The van der Waals surface area contributed by atoms with Crippen LogP contribution in [0.4, 0.5) is 5.69 Å². The lowest BCUT2D eigenvalue weighted by Crippen LogP contribution is -2.54. The molecule has 0 unspecified atom stereocenters. The number of carbonyl (C=O) groups excluding carboxylic acids is 2. The van der Waals surface area contributed by atoms with Crippen molar-refractivity contribution in [3.63, 3.8) is 0 Å². The molecule has 0 fully saturated rings. The van der Waals surface area contributed by atoms with Crippen molar-refractivity contribution >= 4 is 39.1 Å². The number of rotatable bonds is 14. The molecule has 0 aliphatic rings. The zero-order valence-corrected chi connectivity index (χ0v) is 26.1. The van der Waals surface area contributed by atoms with Gasteiger partial charge in [0.25, 0.3) is 0 Å². The third kappa shape index (κ3) is 8.87. The maximum absolute atomic E-state index is 14.2. The van der Waals surface area contributed by atoms with E-state index in [4.69, 9.17) is 21.1 Å². The predicted molar refractivity (Wildman–Crippen MR) is 166 cm³/mol. The molecular weight excluding hydrogens is 578 g/mol. The molecule has 0 spiro atoms. The van der Waals surface area contributed by atoms with E-state index in [1.54, 1.807) is 36.4 Å². The molecule has 11 heteroatoms. The predicted octanol–water partition coefficient (Wildman–Crippen LogP) is 4.68. The highest BCUT2D eigenvalue weighted by Crippen LogP contribution is 2.34. The molecule has 2 atom stereocenters. The number of nitrogens with one attached hydrogen (secondary N) is 1. The normalized spacial score (nSPS) is 12.6. The Hall–Kier alpha value is -3.76. The van der Waals surface area contributed by atoms with Gasteiger partial charge in [-0.25, -0.2) is 8.42 Å². The molecule has 2 amide bonds. The molecule has 0 saturated carbocycles. The van der Waals surface area contributed by atoms with Gasteiger partial charge >= 0.3 is 0 Å². The molecule has 3 rings (SSSR count). The van der Waals surface area contributed by atoms with Gasteiger partial charge in [-0.15, -0.1) is 0 Å². The first kappa shape index (κ1) is 32.8. The Morgan fingerprint density at radius 2 is 1.64 bits per heavy atom. The minimum Gasteiger partial charge on any atom is -0.497 e. The summed E-state index contributed by atoms with van der Waals surface area (Å²) < 4.78 is 37.8. The Kier molecular flexibility index (Phi) is 11.6. The molecule has 0 saturated heterocycles. The number of ether oxygens (including phenoxy) is 2. The number of halogens is 1. The topological polar surface area (TPSA) is 105 Å². The number of amides is 2. The molecule has 1 N–H and O–H groups in total. The van der Waals surface area contributed by atoms with E-state index in [0.717, 1.165) is 16.1 Å². The van der Waals surface area contributed by atoms with E-state index in [-0.39, 0.29) is 36.4 Å². The van der Waals surface area contributed by atoms with E-state index in [0.29, 0.717) is 22.8 Å². The van der Waals surface area contributed by atoms with Crippen molar-refractivity contribution in [1.82, 2.24) is 10.2 Å². The van der Waals surface area contributed by atoms with Crippen molar-refractivity contribution in [1.29, 1.82) is 0 Å². The summed E-state index contributed by atoms with van der Waals surface area (Å²) in [6.45, 7) is 3.31. The molecule has 0 aromatic heterocycles. The van der Waals surface area contributed by atoms with Crippen LogP contribution in [0, 0.1) is 0 Å². The van der Waals surface area contributed by atoms with Gasteiger partial charge in [-0.1, -0.05) is 61.0 Å². The summed E-state index contributed by atoms with van der Waals surface area (Å²) >= 11 is 6.26. The third-order valence-electron chi connectivity index (χ3n) is 6.85. The standard InChI is InChI=1S/C31H38ClN3O6S/c1-6-22(2)33-31(37)28(18-23-11-8-7-9-12-23)34(20-24-13-10-14-25(32)17-24)30(36)21-35(42(5,38)39)27-16-15-26(40-3)19-29(27)41-4/h7-17,19,22,28H,6,18,20-21H2,1-5H3,(H,33,37)/t22-,28+/m1/s1. The van der Waals surface area contributed by atoms with Gasteiger partial charge in [-0.2, -0.15) is 0 Å². The van der Waals surface area contributed by atoms with Gasteiger partial charge in [-0.3, -0.25) is 13.9 Å². The fourth-order valence-electron chi connectivity index (χ4n) is 4.41. The van der Waals surface area contributed by atoms with Crippen LogP contribution < -0.4 is 19.1 Å². The Morgan fingerprint density at radius 1 is 0.952 bits per heavy atom. The van der Waals surface area contributed by atoms with E-state index < -0.39 is 28.5 Å². The lowest BCUT2D eigenvalue weighted by Gasteiger charge is -2.34. The number of nitrogens with zero attached hydrogens (tertiary/aromatic N) is 2.